The Hall–Kier alpha value is -3.94. The summed E-state index contributed by atoms with van der Waals surface area (Å²) in [5.74, 6) is -1.08. The van der Waals surface area contributed by atoms with E-state index < -0.39 is 45.6 Å². The number of benzene rings is 2. The minimum Gasteiger partial charge on any atom is -0.458 e. The maximum absolute atomic E-state index is 13.8. The van der Waals surface area contributed by atoms with E-state index in [4.69, 9.17) is 10.5 Å². The number of fused-ring (bicyclic) bond motifs is 1. The van der Waals surface area contributed by atoms with E-state index in [1.165, 1.54) is 9.21 Å². The second kappa shape index (κ2) is 14.9. The van der Waals surface area contributed by atoms with E-state index >= 15 is 0 Å². The summed E-state index contributed by atoms with van der Waals surface area (Å²) in [6.45, 7) is 6.27. The van der Waals surface area contributed by atoms with Crippen LogP contribution < -0.4 is 16.4 Å². The molecule has 1 aromatic heterocycles. The second-order valence-corrected chi connectivity index (χ2v) is 14.1. The molecule has 2 unspecified atom stereocenters. The van der Waals surface area contributed by atoms with Gasteiger partial charge in [0.05, 0.1) is 4.90 Å². The van der Waals surface area contributed by atoms with E-state index in [1.54, 1.807) is 57.3 Å². The number of nitrogens with two attached hydrogens (primary N) is 1. The number of H-pyrrole nitrogens is 1. The monoisotopic (exact) mass is 640 g/mol. The average Bonchev–Trinajstić information content (AvgIpc) is 3.42. The molecular weight excluding hydrogens is 596 g/mol. The molecule has 3 aromatic rings. The van der Waals surface area contributed by atoms with E-state index in [9.17, 15) is 22.8 Å². The Morgan fingerprint density at radius 2 is 1.60 bits per heavy atom. The number of amides is 3. The SMILES string of the molecule is CC(C)(C)OC(=O)C(CCCCN)NC(=O)C(Cc1c[nH]c2ccccc12)NC(=O)N1CCN(S(=O)(=O)c2ccccc2)CC1. The van der Waals surface area contributed by atoms with Gasteiger partial charge in [0.15, 0.2) is 0 Å². The first kappa shape index (κ1) is 33.9. The number of ether oxygens (including phenoxy) is 1. The fourth-order valence-electron chi connectivity index (χ4n) is 5.23. The number of hydrogen-bond acceptors (Lipinski definition) is 7. The Labute approximate surface area is 264 Å². The van der Waals surface area contributed by atoms with Gasteiger partial charge in [-0.05, 0) is 70.3 Å². The van der Waals surface area contributed by atoms with Gasteiger partial charge in [0, 0.05) is 49.7 Å². The fraction of sp³-hybridized carbons (Fsp3) is 0.469. The number of urea groups is 1. The van der Waals surface area contributed by atoms with Crippen molar-refractivity contribution in [1.29, 1.82) is 0 Å². The lowest BCUT2D eigenvalue weighted by atomic mass is 10.0. The minimum atomic E-state index is -3.69. The predicted molar refractivity (Wildman–Crippen MR) is 172 cm³/mol. The van der Waals surface area contributed by atoms with Gasteiger partial charge in [-0.25, -0.2) is 18.0 Å². The van der Waals surface area contributed by atoms with Crippen LogP contribution in [-0.2, 0) is 30.8 Å². The molecule has 0 spiro atoms. The Kier molecular flexibility index (Phi) is 11.2. The maximum Gasteiger partial charge on any atom is 0.329 e. The molecule has 1 saturated heterocycles. The van der Waals surface area contributed by atoms with Gasteiger partial charge in [-0.15, -0.1) is 0 Å². The molecule has 0 saturated carbocycles. The van der Waals surface area contributed by atoms with Crippen LogP contribution in [0.2, 0.25) is 0 Å². The summed E-state index contributed by atoms with van der Waals surface area (Å²) in [6, 6.07) is 13.4. The quantitative estimate of drug-likeness (QED) is 0.174. The first-order valence-electron chi connectivity index (χ1n) is 15.3. The largest absolute Gasteiger partial charge is 0.458 e. The zero-order valence-electron chi connectivity index (χ0n) is 26.1. The molecule has 2 heterocycles. The molecule has 0 bridgehead atoms. The van der Waals surface area contributed by atoms with Gasteiger partial charge in [0.2, 0.25) is 15.9 Å². The molecule has 2 atom stereocenters. The Morgan fingerprint density at radius 3 is 2.27 bits per heavy atom. The van der Waals surface area contributed by atoms with Crippen LogP contribution in [0.4, 0.5) is 4.79 Å². The lowest BCUT2D eigenvalue weighted by Crippen LogP contribution is -2.58. The molecule has 1 aliphatic rings. The number of hydrogen-bond donors (Lipinski definition) is 4. The van der Waals surface area contributed by atoms with Crippen LogP contribution in [0.15, 0.2) is 65.7 Å². The Balaban J connectivity index is 1.50. The number of rotatable bonds is 12. The van der Waals surface area contributed by atoms with Crippen molar-refractivity contribution >= 4 is 38.8 Å². The van der Waals surface area contributed by atoms with Crippen LogP contribution >= 0.6 is 0 Å². The van der Waals surface area contributed by atoms with Crippen molar-refractivity contribution in [2.24, 2.45) is 5.73 Å². The number of unbranched alkanes of at least 4 members (excludes halogenated alkanes) is 1. The van der Waals surface area contributed by atoms with E-state index in [1.807, 2.05) is 24.3 Å². The molecule has 3 amide bonds. The van der Waals surface area contributed by atoms with Crippen molar-refractivity contribution in [2.45, 2.75) is 69.0 Å². The Morgan fingerprint density at radius 1 is 0.933 bits per heavy atom. The molecule has 2 aromatic carbocycles. The lowest BCUT2D eigenvalue weighted by Gasteiger charge is -2.35. The highest BCUT2D eigenvalue weighted by Gasteiger charge is 2.34. The van der Waals surface area contributed by atoms with Gasteiger partial charge < -0.3 is 31.0 Å². The summed E-state index contributed by atoms with van der Waals surface area (Å²) in [5.41, 5.74) is 6.62. The molecule has 4 rings (SSSR count). The number of piperazine rings is 1. The third-order valence-corrected chi connectivity index (χ3v) is 9.49. The molecule has 1 fully saturated rings. The zero-order valence-corrected chi connectivity index (χ0v) is 26.9. The maximum atomic E-state index is 13.8. The molecule has 0 aliphatic carbocycles. The van der Waals surface area contributed by atoms with Gasteiger partial charge in [-0.1, -0.05) is 36.4 Å². The standard InChI is InChI=1S/C32H44N6O6S/c1-32(2,3)44-30(40)27(15-9-10-16-33)35-29(39)28(21-23-22-34-26-14-8-7-13-25(23)26)36-31(41)37-17-19-38(20-18-37)45(42,43)24-11-5-4-6-12-24/h4-8,11-14,22,27-28,34H,9-10,15-21,33H2,1-3H3,(H,35,39)(H,36,41). The first-order chi connectivity index (χ1) is 21.4. The smallest absolute Gasteiger partial charge is 0.329 e. The van der Waals surface area contributed by atoms with Crippen molar-refractivity contribution < 1.29 is 27.5 Å². The number of sulfonamides is 1. The summed E-state index contributed by atoms with van der Waals surface area (Å²) in [7, 11) is -3.69. The van der Waals surface area contributed by atoms with Crippen molar-refractivity contribution in [3.8, 4) is 0 Å². The van der Waals surface area contributed by atoms with Gasteiger partial charge >= 0.3 is 12.0 Å². The number of carbonyl (C=O) groups is 3. The molecule has 45 heavy (non-hydrogen) atoms. The van der Waals surface area contributed by atoms with Crippen molar-refractivity contribution in [1.82, 2.24) is 24.8 Å². The molecule has 12 nitrogen and oxygen atoms in total. The third-order valence-electron chi connectivity index (χ3n) is 7.57. The molecule has 1 aliphatic heterocycles. The van der Waals surface area contributed by atoms with Crippen molar-refractivity contribution in [3.05, 3.63) is 66.4 Å². The van der Waals surface area contributed by atoms with Crippen LogP contribution in [0.25, 0.3) is 10.9 Å². The topological polar surface area (TPSA) is 167 Å². The second-order valence-electron chi connectivity index (χ2n) is 12.1. The number of nitrogens with zero attached hydrogens (tertiary/aromatic N) is 2. The molecular formula is C32H44N6O6S. The van der Waals surface area contributed by atoms with Gasteiger partial charge in [0.25, 0.3) is 0 Å². The highest BCUT2D eigenvalue weighted by atomic mass is 32.2. The zero-order chi connectivity index (χ0) is 32.6. The number of para-hydroxylation sites is 1. The van der Waals surface area contributed by atoms with Crippen LogP contribution in [0, 0.1) is 0 Å². The fourth-order valence-corrected chi connectivity index (χ4v) is 6.67. The van der Waals surface area contributed by atoms with Crippen molar-refractivity contribution in [3.63, 3.8) is 0 Å². The van der Waals surface area contributed by atoms with Gasteiger partial charge in [-0.2, -0.15) is 4.31 Å². The van der Waals surface area contributed by atoms with Gasteiger partial charge in [0.1, 0.15) is 17.7 Å². The van der Waals surface area contributed by atoms with E-state index in [0.29, 0.717) is 25.8 Å². The average molecular weight is 641 g/mol. The van der Waals surface area contributed by atoms with E-state index in [-0.39, 0.29) is 37.5 Å². The molecule has 244 valence electrons. The number of nitrogens with one attached hydrogen (secondary N) is 3. The normalized spacial score (nSPS) is 15.8. The summed E-state index contributed by atoms with van der Waals surface area (Å²) in [6.07, 6.45) is 3.58. The summed E-state index contributed by atoms with van der Waals surface area (Å²) < 4.78 is 33.1. The molecule has 0 radical (unpaired) electrons. The van der Waals surface area contributed by atoms with E-state index in [2.05, 4.69) is 15.6 Å². The number of aromatic nitrogens is 1. The number of esters is 1. The van der Waals surface area contributed by atoms with Crippen LogP contribution in [0.1, 0.15) is 45.6 Å². The number of carbonyl (C=O) groups excluding carboxylic acids is 3. The first-order valence-corrected chi connectivity index (χ1v) is 16.7. The highest BCUT2D eigenvalue weighted by Crippen LogP contribution is 2.21. The summed E-state index contributed by atoms with van der Waals surface area (Å²) >= 11 is 0. The van der Waals surface area contributed by atoms with Crippen LogP contribution in [0.5, 0.6) is 0 Å². The Bertz CT molecular complexity index is 1560. The van der Waals surface area contributed by atoms with E-state index in [0.717, 1.165) is 16.5 Å². The summed E-state index contributed by atoms with van der Waals surface area (Å²) in [5, 5.41) is 6.60. The summed E-state index contributed by atoms with van der Waals surface area (Å²) in [4.78, 5) is 45.3. The van der Waals surface area contributed by atoms with Crippen LogP contribution in [0.3, 0.4) is 0 Å². The molecule has 13 heteroatoms. The third kappa shape index (κ3) is 9.05. The lowest BCUT2D eigenvalue weighted by molar-refractivity contribution is -0.159. The van der Waals surface area contributed by atoms with Gasteiger partial charge in [-0.3, -0.25) is 4.79 Å². The predicted octanol–water partition coefficient (Wildman–Crippen LogP) is 2.75. The minimum absolute atomic E-state index is 0.117. The highest BCUT2D eigenvalue weighted by molar-refractivity contribution is 7.89. The van der Waals surface area contributed by atoms with Crippen LogP contribution in [-0.4, -0.2) is 90.9 Å². The van der Waals surface area contributed by atoms with Crippen molar-refractivity contribution in [2.75, 3.05) is 32.7 Å². The molecule has 5 N–H and O–H groups in total. The number of aromatic amines is 1.